The molecular weight excluding hydrogens is 370 g/mol. The second-order valence-corrected chi connectivity index (χ2v) is 4.83. The van der Waals surface area contributed by atoms with Gasteiger partial charge in [-0.05, 0) is 6.07 Å². The van der Waals surface area contributed by atoms with E-state index in [1.807, 2.05) is 22.9 Å². The summed E-state index contributed by atoms with van der Waals surface area (Å²) < 4.78 is 11.9. The first-order chi connectivity index (χ1) is 8.58. The number of halogens is 2. The van der Waals surface area contributed by atoms with Crippen LogP contribution in [0.25, 0.3) is 0 Å². The fraction of sp³-hybridized carbons (Fsp3) is 0.273. The van der Waals surface area contributed by atoms with Crippen LogP contribution in [-0.4, -0.2) is 31.8 Å². The summed E-state index contributed by atoms with van der Waals surface area (Å²) >= 11 is 8.00. The minimum Gasteiger partial charge on any atom is -0.493 e. The zero-order chi connectivity index (χ0) is 13.3. The average molecular weight is 381 g/mol. The molecule has 1 heterocycles. The number of fused-ring (bicyclic) bond motifs is 1. The summed E-state index contributed by atoms with van der Waals surface area (Å²) in [5.41, 5.74) is 1.29. The van der Waals surface area contributed by atoms with Crippen molar-refractivity contribution in [1.82, 2.24) is 0 Å². The number of rotatable bonds is 2. The van der Waals surface area contributed by atoms with Crippen LogP contribution in [-0.2, 0) is 4.79 Å². The van der Waals surface area contributed by atoms with Crippen molar-refractivity contribution in [3.63, 3.8) is 0 Å². The van der Waals surface area contributed by atoms with Crippen LogP contribution in [0.3, 0.4) is 0 Å². The lowest BCUT2D eigenvalue weighted by molar-refractivity contribution is -0.115. The SMILES string of the molecule is COc1cc2c(cc1OC)N(I)C(=O)CN=C2Cl. The van der Waals surface area contributed by atoms with Crippen LogP contribution >= 0.6 is 34.5 Å². The Labute approximate surface area is 123 Å². The fourth-order valence-electron chi connectivity index (χ4n) is 1.61. The first-order valence-electron chi connectivity index (χ1n) is 5.03. The number of ether oxygens (including phenoxy) is 2. The van der Waals surface area contributed by atoms with Crippen molar-refractivity contribution in [1.29, 1.82) is 0 Å². The molecule has 7 heteroatoms. The monoisotopic (exact) mass is 380 g/mol. The van der Waals surface area contributed by atoms with Crippen molar-refractivity contribution in [3.05, 3.63) is 17.7 Å². The van der Waals surface area contributed by atoms with Crippen LogP contribution in [0.4, 0.5) is 5.69 Å². The summed E-state index contributed by atoms with van der Waals surface area (Å²) in [6, 6.07) is 3.42. The first-order valence-corrected chi connectivity index (χ1v) is 6.38. The molecule has 1 aromatic rings. The topological polar surface area (TPSA) is 51.1 Å². The molecule has 0 atom stereocenters. The number of carbonyl (C=O) groups is 1. The maximum atomic E-state index is 11.8. The Morgan fingerprint density at radius 1 is 1.33 bits per heavy atom. The van der Waals surface area contributed by atoms with Crippen molar-refractivity contribution in [2.45, 2.75) is 0 Å². The van der Waals surface area contributed by atoms with Crippen LogP contribution in [0, 0.1) is 0 Å². The van der Waals surface area contributed by atoms with Gasteiger partial charge in [-0.2, -0.15) is 0 Å². The van der Waals surface area contributed by atoms with Gasteiger partial charge in [0.15, 0.2) is 11.5 Å². The predicted octanol–water partition coefficient (Wildman–Crippen LogP) is 2.39. The molecule has 0 aromatic heterocycles. The van der Waals surface area contributed by atoms with E-state index in [2.05, 4.69) is 4.99 Å². The Kier molecular flexibility index (Phi) is 3.96. The third kappa shape index (κ3) is 2.26. The molecule has 1 aliphatic heterocycles. The fourth-order valence-corrected chi connectivity index (χ4v) is 2.38. The number of aliphatic imine (C=N–C) groups is 1. The van der Waals surface area contributed by atoms with Crippen LogP contribution in [0.1, 0.15) is 5.56 Å². The van der Waals surface area contributed by atoms with Crippen molar-refractivity contribution >= 4 is 51.2 Å². The van der Waals surface area contributed by atoms with E-state index in [9.17, 15) is 4.79 Å². The molecule has 0 saturated heterocycles. The molecule has 1 aromatic carbocycles. The lowest BCUT2D eigenvalue weighted by atomic mass is 10.1. The summed E-state index contributed by atoms with van der Waals surface area (Å²) in [5.74, 6) is 0.945. The van der Waals surface area contributed by atoms with Crippen molar-refractivity contribution in [2.24, 2.45) is 4.99 Å². The van der Waals surface area contributed by atoms with Crippen molar-refractivity contribution in [3.8, 4) is 11.5 Å². The number of methoxy groups -OCH3 is 2. The summed E-state index contributed by atoms with van der Waals surface area (Å²) in [6.45, 7) is 0.0289. The molecule has 0 N–H and O–H groups in total. The molecule has 1 aliphatic rings. The minimum atomic E-state index is -0.139. The normalized spacial score (nSPS) is 14.8. The molecule has 0 bridgehead atoms. The highest BCUT2D eigenvalue weighted by atomic mass is 127. The van der Waals surface area contributed by atoms with Gasteiger partial charge in [-0.15, -0.1) is 0 Å². The van der Waals surface area contributed by atoms with E-state index in [1.54, 1.807) is 19.2 Å². The number of hydrogen-bond acceptors (Lipinski definition) is 4. The predicted molar refractivity (Wildman–Crippen MR) is 78.3 cm³/mol. The largest absolute Gasteiger partial charge is 0.493 e. The van der Waals surface area contributed by atoms with E-state index in [-0.39, 0.29) is 12.5 Å². The highest BCUT2D eigenvalue weighted by molar-refractivity contribution is 14.1. The molecular formula is C11H10ClIN2O3. The molecule has 0 aliphatic carbocycles. The Morgan fingerprint density at radius 2 is 1.94 bits per heavy atom. The molecule has 5 nitrogen and oxygen atoms in total. The summed E-state index contributed by atoms with van der Waals surface area (Å²) in [4.78, 5) is 15.8. The van der Waals surface area contributed by atoms with E-state index in [0.29, 0.717) is 27.9 Å². The highest BCUT2D eigenvalue weighted by Crippen LogP contribution is 2.38. The van der Waals surface area contributed by atoms with Crippen molar-refractivity contribution in [2.75, 3.05) is 23.9 Å². The zero-order valence-corrected chi connectivity index (χ0v) is 12.7. The molecule has 0 unspecified atom stereocenters. The summed E-state index contributed by atoms with van der Waals surface area (Å²) in [7, 11) is 3.08. The molecule has 2 rings (SSSR count). The number of nitrogens with zero attached hydrogens (tertiary/aromatic N) is 2. The van der Waals surface area contributed by atoms with E-state index >= 15 is 0 Å². The third-order valence-corrected chi connectivity index (χ3v) is 3.89. The number of anilines is 1. The lowest BCUT2D eigenvalue weighted by Gasteiger charge is -2.17. The number of amides is 1. The lowest BCUT2D eigenvalue weighted by Crippen LogP contribution is -2.21. The van der Waals surface area contributed by atoms with E-state index in [1.165, 1.54) is 10.2 Å². The molecule has 96 valence electrons. The number of carbonyl (C=O) groups excluding carboxylic acids is 1. The minimum absolute atomic E-state index is 0.0289. The molecule has 0 fully saturated rings. The maximum absolute atomic E-state index is 11.8. The molecule has 0 saturated carbocycles. The Morgan fingerprint density at radius 3 is 2.56 bits per heavy atom. The smallest absolute Gasteiger partial charge is 0.257 e. The van der Waals surface area contributed by atoms with Gasteiger partial charge in [0, 0.05) is 11.6 Å². The Balaban J connectivity index is 2.66. The zero-order valence-electron chi connectivity index (χ0n) is 9.74. The van der Waals surface area contributed by atoms with Crippen LogP contribution in [0.15, 0.2) is 17.1 Å². The van der Waals surface area contributed by atoms with Gasteiger partial charge in [-0.3, -0.25) is 12.9 Å². The first kappa shape index (κ1) is 13.4. The second-order valence-electron chi connectivity index (χ2n) is 3.51. The maximum Gasteiger partial charge on any atom is 0.257 e. The van der Waals surface area contributed by atoms with Gasteiger partial charge in [0.25, 0.3) is 5.91 Å². The van der Waals surface area contributed by atoms with E-state index in [0.717, 1.165) is 0 Å². The van der Waals surface area contributed by atoms with Gasteiger partial charge < -0.3 is 9.47 Å². The van der Waals surface area contributed by atoms with Gasteiger partial charge in [0.05, 0.1) is 42.8 Å². The average Bonchev–Trinajstić information content (AvgIpc) is 2.50. The third-order valence-electron chi connectivity index (χ3n) is 2.51. The Bertz CT molecular complexity index is 533. The van der Waals surface area contributed by atoms with Gasteiger partial charge in [-0.25, -0.2) is 0 Å². The molecule has 0 spiro atoms. The molecule has 0 radical (unpaired) electrons. The van der Waals surface area contributed by atoms with Gasteiger partial charge >= 0.3 is 0 Å². The van der Waals surface area contributed by atoms with Crippen LogP contribution < -0.4 is 12.6 Å². The molecule has 1 amide bonds. The van der Waals surface area contributed by atoms with Crippen LogP contribution in [0.2, 0.25) is 0 Å². The number of benzodiazepines with no additional fused rings is 1. The quantitative estimate of drug-likeness (QED) is 0.585. The van der Waals surface area contributed by atoms with E-state index in [4.69, 9.17) is 21.1 Å². The summed E-state index contributed by atoms with van der Waals surface area (Å²) in [6.07, 6.45) is 0. The molecule has 18 heavy (non-hydrogen) atoms. The number of benzene rings is 1. The van der Waals surface area contributed by atoms with E-state index < -0.39 is 0 Å². The second kappa shape index (κ2) is 5.31. The van der Waals surface area contributed by atoms with Crippen molar-refractivity contribution < 1.29 is 14.3 Å². The standard InChI is InChI=1S/C11H10ClIN2O3/c1-17-8-3-6-7(4-9(8)18-2)15(13)10(16)5-14-11(6)12/h3-4H,5H2,1-2H3. The Hall–Kier alpha value is -1.02. The van der Waals surface area contributed by atoms with Gasteiger partial charge in [-0.1, -0.05) is 11.6 Å². The van der Waals surface area contributed by atoms with Gasteiger partial charge in [0.1, 0.15) is 11.7 Å². The van der Waals surface area contributed by atoms with Gasteiger partial charge in [0.2, 0.25) is 0 Å². The summed E-state index contributed by atoms with van der Waals surface area (Å²) in [5, 5.41) is 0.290. The highest BCUT2D eigenvalue weighted by Gasteiger charge is 2.24. The number of hydrogen-bond donors (Lipinski definition) is 0. The van der Waals surface area contributed by atoms with Crippen LogP contribution in [0.5, 0.6) is 11.5 Å².